The summed E-state index contributed by atoms with van der Waals surface area (Å²) in [6.45, 7) is 4.30. The summed E-state index contributed by atoms with van der Waals surface area (Å²) in [4.78, 5) is 14.0. The molecule has 0 aromatic heterocycles. The van der Waals surface area contributed by atoms with Gasteiger partial charge in [0, 0.05) is 13.1 Å². The summed E-state index contributed by atoms with van der Waals surface area (Å²) >= 11 is 3.44. The molecule has 2 nitrogen and oxygen atoms in total. The van der Waals surface area contributed by atoms with Crippen LogP contribution in [0.2, 0.25) is 0 Å². The molecule has 3 heteroatoms. The fourth-order valence-electron chi connectivity index (χ4n) is 2.43. The van der Waals surface area contributed by atoms with Crippen molar-refractivity contribution in [3.8, 4) is 0 Å². The molecule has 0 aliphatic heterocycles. The van der Waals surface area contributed by atoms with Gasteiger partial charge in [-0.15, -0.1) is 0 Å². The lowest BCUT2D eigenvalue weighted by molar-refractivity contribution is -0.132. The number of amides is 1. The largest absolute Gasteiger partial charge is 0.342 e. The fraction of sp³-hybridized carbons (Fsp3) is 0.917. The van der Waals surface area contributed by atoms with Crippen LogP contribution in [0.4, 0.5) is 0 Å². The van der Waals surface area contributed by atoms with E-state index in [1.165, 1.54) is 25.7 Å². The van der Waals surface area contributed by atoms with Gasteiger partial charge in [-0.3, -0.25) is 4.79 Å². The van der Waals surface area contributed by atoms with Gasteiger partial charge in [0.05, 0.1) is 4.83 Å². The molecule has 15 heavy (non-hydrogen) atoms. The third-order valence-corrected chi connectivity index (χ3v) is 4.58. The van der Waals surface area contributed by atoms with Gasteiger partial charge < -0.3 is 4.90 Å². The van der Waals surface area contributed by atoms with E-state index in [0.717, 1.165) is 6.42 Å². The van der Waals surface area contributed by atoms with Gasteiger partial charge in [0.2, 0.25) is 5.91 Å². The molecular formula is C12H22BrNO. The van der Waals surface area contributed by atoms with Crippen molar-refractivity contribution in [1.29, 1.82) is 0 Å². The van der Waals surface area contributed by atoms with Crippen molar-refractivity contribution in [2.24, 2.45) is 5.92 Å². The van der Waals surface area contributed by atoms with Crippen LogP contribution in [0.1, 0.15) is 46.0 Å². The van der Waals surface area contributed by atoms with Crippen LogP contribution in [-0.2, 0) is 4.79 Å². The van der Waals surface area contributed by atoms with Crippen LogP contribution in [0.5, 0.6) is 0 Å². The Morgan fingerprint density at radius 2 is 2.07 bits per heavy atom. The lowest BCUT2D eigenvalue weighted by atomic mass is 9.85. The minimum atomic E-state index is -0.00312. The predicted octanol–water partition coefficient (Wildman–Crippen LogP) is 3.20. The number of hydrogen-bond donors (Lipinski definition) is 0. The van der Waals surface area contributed by atoms with E-state index in [2.05, 4.69) is 22.9 Å². The molecule has 3 unspecified atom stereocenters. The van der Waals surface area contributed by atoms with Gasteiger partial charge in [0.25, 0.3) is 0 Å². The topological polar surface area (TPSA) is 20.3 Å². The summed E-state index contributed by atoms with van der Waals surface area (Å²) in [6.07, 6.45) is 5.90. The van der Waals surface area contributed by atoms with Crippen molar-refractivity contribution in [3.63, 3.8) is 0 Å². The third-order valence-electron chi connectivity index (χ3n) is 3.54. The summed E-state index contributed by atoms with van der Waals surface area (Å²) in [5, 5.41) is 0. The van der Waals surface area contributed by atoms with Crippen molar-refractivity contribution in [3.05, 3.63) is 0 Å². The van der Waals surface area contributed by atoms with Gasteiger partial charge >= 0.3 is 0 Å². The molecule has 1 aliphatic carbocycles. The Hall–Kier alpha value is -0.0500. The van der Waals surface area contributed by atoms with Crippen LogP contribution in [0.25, 0.3) is 0 Å². The minimum Gasteiger partial charge on any atom is -0.342 e. The van der Waals surface area contributed by atoms with Crippen LogP contribution in [0.15, 0.2) is 0 Å². The van der Waals surface area contributed by atoms with Crippen LogP contribution in [-0.4, -0.2) is 28.7 Å². The summed E-state index contributed by atoms with van der Waals surface area (Å²) in [6, 6.07) is 0.456. The molecule has 0 saturated heterocycles. The van der Waals surface area contributed by atoms with Gasteiger partial charge in [-0.05, 0) is 25.2 Å². The van der Waals surface area contributed by atoms with Crippen LogP contribution in [0.3, 0.4) is 0 Å². The molecule has 1 amide bonds. The normalized spacial score (nSPS) is 28.5. The Morgan fingerprint density at radius 3 is 2.60 bits per heavy atom. The lowest BCUT2D eigenvalue weighted by Crippen LogP contribution is -2.45. The molecule has 1 rings (SSSR count). The monoisotopic (exact) mass is 275 g/mol. The highest BCUT2D eigenvalue weighted by Gasteiger charge is 2.29. The van der Waals surface area contributed by atoms with E-state index < -0.39 is 0 Å². The minimum absolute atomic E-state index is 0.00312. The average molecular weight is 276 g/mol. The van der Waals surface area contributed by atoms with Crippen molar-refractivity contribution in [2.45, 2.75) is 56.8 Å². The SMILES string of the molecule is CCC(Br)C(=O)N(C)C1CCCCC1C. The molecule has 0 N–H and O–H groups in total. The zero-order valence-electron chi connectivity index (χ0n) is 10.0. The van der Waals surface area contributed by atoms with Gasteiger partial charge in [0.1, 0.15) is 0 Å². The highest BCUT2D eigenvalue weighted by atomic mass is 79.9. The summed E-state index contributed by atoms with van der Waals surface area (Å²) in [7, 11) is 1.96. The van der Waals surface area contributed by atoms with Crippen molar-refractivity contribution >= 4 is 21.8 Å². The molecule has 0 heterocycles. The number of hydrogen-bond acceptors (Lipinski definition) is 1. The average Bonchev–Trinajstić information content (AvgIpc) is 2.26. The standard InChI is InChI=1S/C12H22BrNO/c1-4-10(13)12(15)14(3)11-8-6-5-7-9(11)2/h9-11H,4-8H2,1-3H3. The number of carbonyl (C=O) groups is 1. The van der Waals surface area contributed by atoms with E-state index in [1.54, 1.807) is 0 Å². The summed E-state index contributed by atoms with van der Waals surface area (Å²) in [5.74, 6) is 0.903. The first-order valence-corrected chi connectivity index (χ1v) is 6.90. The summed E-state index contributed by atoms with van der Waals surface area (Å²) < 4.78 is 0. The molecular weight excluding hydrogens is 254 g/mol. The molecule has 3 atom stereocenters. The maximum absolute atomic E-state index is 12.0. The van der Waals surface area contributed by atoms with Crippen molar-refractivity contribution in [1.82, 2.24) is 4.90 Å². The Morgan fingerprint density at radius 1 is 1.47 bits per heavy atom. The maximum Gasteiger partial charge on any atom is 0.236 e. The zero-order valence-corrected chi connectivity index (χ0v) is 11.6. The number of carbonyl (C=O) groups excluding carboxylic acids is 1. The van der Waals surface area contributed by atoms with Crippen molar-refractivity contribution in [2.75, 3.05) is 7.05 Å². The second kappa shape index (κ2) is 5.88. The Balaban J connectivity index is 2.57. The van der Waals surface area contributed by atoms with E-state index >= 15 is 0 Å². The fourth-order valence-corrected chi connectivity index (χ4v) is 2.75. The first-order chi connectivity index (χ1) is 7.07. The van der Waals surface area contributed by atoms with Gasteiger partial charge in [-0.25, -0.2) is 0 Å². The van der Waals surface area contributed by atoms with E-state index in [4.69, 9.17) is 0 Å². The highest BCUT2D eigenvalue weighted by molar-refractivity contribution is 9.10. The molecule has 0 aromatic rings. The zero-order chi connectivity index (χ0) is 11.4. The number of halogens is 1. The quantitative estimate of drug-likeness (QED) is 0.725. The molecule has 1 aliphatic rings. The van der Waals surface area contributed by atoms with Crippen molar-refractivity contribution < 1.29 is 4.79 Å². The smallest absolute Gasteiger partial charge is 0.236 e. The Kier molecular flexibility index (Phi) is 5.10. The number of rotatable bonds is 3. The van der Waals surface area contributed by atoms with Crippen LogP contribution in [0, 0.1) is 5.92 Å². The summed E-state index contributed by atoms with van der Waals surface area (Å²) in [5.41, 5.74) is 0. The molecule has 88 valence electrons. The molecule has 0 spiro atoms. The van der Waals surface area contributed by atoms with Gasteiger partial charge in [-0.2, -0.15) is 0 Å². The highest BCUT2D eigenvalue weighted by Crippen LogP contribution is 2.28. The first-order valence-electron chi connectivity index (χ1n) is 5.98. The third kappa shape index (κ3) is 3.20. The lowest BCUT2D eigenvalue weighted by Gasteiger charge is -2.37. The maximum atomic E-state index is 12.0. The van der Waals surface area contributed by atoms with E-state index in [0.29, 0.717) is 12.0 Å². The molecule has 0 aromatic carbocycles. The number of nitrogens with zero attached hydrogens (tertiary/aromatic N) is 1. The van der Waals surface area contributed by atoms with E-state index in [1.807, 2.05) is 18.9 Å². The molecule has 1 saturated carbocycles. The Bertz CT molecular complexity index is 220. The first kappa shape index (κ1) is 13.0. The van der Waals surface area contributed by atoms with Crippen LogP contribution >= 0.6 is 15.9 Å². The van der Waals surface area contributed by atoms with Crippen LogP contribution < -0.4 is 0 Å². The predicted molar refractivity (Wildman–Crippen MR) is 67.2 cm³/mol. The number of alkyl halides is 1. The molecule has 0 radical (unpaired) electrons. The second-order valence-electron chi connectivity index (χ2n) is 4.65. The molecule has 0 bridgehead atoms. The molecule has 1 fully saturated rings. The van der Waals surface area contributed by atoms with E-state index in [9.17, 15) is 4.79 Å². The van der Waals surface area contributed by atoms with E-state index in [-0.39, 0.29) is 10.7 Å². The Labute approximate surface area is 102 Å². The second-order valence-corrected chi connectivity index (χ2v) is 5.76. The van der Waals surface area contributed by atoms with Gasteiger partial charge in [-0.1, -0.05) is 42.6 Å². The van der Waals surface area contributed by atoms with Gasteiger partial charge in [0.15, 0.2) is 0 Å².